The number of hydrogen-bond donors (Lipinski definition) is 2. The van der Waals surface area contributed by atoms with E-state index in [9.17, 15) is 8.42 Å². The van der Waals surface area contributed by atoms with Crippen LogP contribution < -0.4 is 14.9 Å². The van der Waals surface area contributed by atoms with Gasteiger partial charge in [-0.1, -0.05) is 23.7 Å². The number of hydrogen-bond acceptors (Lipinski definition) is 4. The number of nitrogens with one attached hydrogen (secondary N) is 2. The average molecular weight is 566 g/mol. The summed E-state index contributed by atoms with van der Waals surface area (Å²) < 4.78 is 28.2. The zero-order valence-electron chi connectivity index (χ0n) is 21.4. The van der Waals surface area contributed by atoms with Gasteiger partial charge in [0.05, 0.1) is 24.0 Å². The van der Waals surface area contributed by atoms with Gasteiger partial charge in [-0.05, 0) is 93.1 Å². The van der Waals surface area contributed by atoms with Crippen LogP contribution in [0.3, 0.4) is 0 Å². The van der Waals surface area contributed by atoms with E-state index in [2.05, 4.69) is 45.3 Å². The largest absolute Gasteiger partial charge is 0.351 e. The molecule has 1 fully saturated rings. The lowest BCUT2D eigenvalue weighted by molar-refractivity contribution is 0.563. The number of rotatable bonds is 6. The van der Waals surface area contributed by atoms with E-state index >= 15 is 0 Å². The van der Waals surface area contributed by atoms with Crippen molar-refractivity contribution in [3.8, 4) is 5.69 Å². The number of benzene rings is 2. The highest BCUT2D eigenvalue weighted by atomic mass is 35.5. The molecule has 4 aromatic rings. The van der Waals surface area contributed by atoms with Crippen LogP contribution in [0.4, 0.5) is 11.4 Å². The monoisotopic (exact) mass is 565 g/mol. The van der Waals surface area contributed by atoms with Crippen LogP contribution in [0.15, 0.2) is 72.9 Å². The summed E-state index contributed by atoms with van der Waals surface area (Å²) in [7, 11) is -3.38. The second-order valence-corrected chi connectivity index (χ2v) is 12.0. The Morgan fingerprint density at radius 3 is 2.34 bits per heavy atom. The Morgan fingerprint density at radius 1 is 0.974 bits per heavy atom. The van der Waals surface area contributed by atoms with Crippen LogP contribution in [0.5, 0.6) is 0 Å². The van der Waals surface area contributed by atoms with Crippen molar-refractivity contribution in [3.63, 3.8) is 0 Å². The fourth-order valence-electron chi connectivity index (χ4n) is 5.27. The fraction of sp³-hybridized carbons (Fsp3) is 0.214. The van der Waals surface area contributed by atoms with Crippen LogP contribution in [0.2, 0.25) is 5.02 Å². The summed E-state index contributed by atoms with van der Waals surface area (Å²) in [5, 5.41) is 4.75. The molecule has 0 bridgehead atoms. The molecule has 2 atom stereocenters. The first kappa shape index (κ1) is 26.2. The van der Waals surface area contributed by atoms with Crippen molar-refractivity contribution in [2.24, 2.45) is 0 Å². The Bertz CT molecular complexity index is 1620. The molecule has 2 aromatic heterocycles. The number of aromatic nitrogens is 2. The topological polar surface area (TPSA) is 79.3 Å². The smallest absolute Gasteiger partial charge is 0.229 e. The summed E-state index contributed by atoms with van der Waals surface area (Å²) in [6, 6.07) is 20.5. The highest BCUT2D eigenvalue weighted by molar-refractivity contribution is 7.92. The van der Waals surface area contributed by atoms with E-state index in [0.717, 1.165) is 45.8 Å². The SMILES string of the molecule is Cc1c([C@H]2[C@@H](c3ccccn3)NC(=S)N2c2ccc(NS(C)(=O)=O)cc2)c(C)n(-c2cccc(Cl)c2)c1C. The maximum Gasteiger partial charge on any atom is 0.229 e. The Kier molecular flexibility index (Phi) is 6.94. The summed E-state index contributed by atoms with van der Waals surface area (Å²) in [4.78, 5) is 6.76. The normalized spacial score (nSPS) is 17.5. The van der Waals surface area contributed by atoms with Gasteiger partial charge in [0, 0.05) is 45.2 Å². The zero-order chi connectivity index (χ0) is 27.2. The third-order valence-corrected chi connectivity index (χ3v) is 8.07. The second kappa shape index (κ2) is 10.1. The number of nitrogens with zero attached hydrogens (tertiary/aromatic N) is 3. The van der Waals surface area contributed by atoms with Crippen LogP contribution in [0.1, 0.15) is 40.3 Å². The van der Waals surface area contributed by atoms with E-state index in [4.69, 9.17) is 23.8 Å². The molecule has 196 valence electrons. The van der Waals surface area contributed by atoms with E-state index in [0.29, 0.717) is 15.8 Å². The third kappa shape index (κ3) is 4.89. The molecule has 0 unspecified atom stereocenters. The van der Waals surface area contributed by atoms with Crippen LogP contribution in [0, 0.1) is 20.8 Å². The van der Waals surface area contributed by atoms with Crippen molar-refractivity contribution in [3.05, 3.63) is 106 Å². The summed E-state index contributed by atoms with van der Waals surface area (Å²) in [6.07, 6.45) is 2.92. The number of sulfonamides is 1. The Morgan fingerprint density at radius 2 is 1.71 bits per heavy atom. The molecule has 0 saturated carbocycles. The molecule has 1 aliphatic heterocycles. The van der Waals surface area contributed by atoms with Gasteiger partial charge in [0.1, 0.15) is 0 Å². The van der Waals surface area contributed by atoms with Crippen molar-refractivity contribution in [2.75, 3.05) is 15.9 Å². The van der Waals surface area contributed by atoms with Gasteiger partial charge in [-0.3, -0.25) is 9.71 Å². The number of halogens is 1. The number of anilines is 2. The number of thiocarbonyl (C=S) groups is 1. The first-order valence-corrected chi connectivity index (χ1v) is 14.8. The highest BCUT2D eigenvalue weighted by Crippen LogP contribution is 2.45. The van der Waals surface area contributed by atoms with Crippen molar-refractivity contribution in [2.45, 2.75) is 32.9 Å². The van der Waals surface area contributed by atoms with E-state index in [1.165, 1.54) is 0 Å². The van der Waals surface area contributed by atoms with E-state index < -0.39 is 10.0 Å². The molecule has 0 radical (unpaired) electrons. The summed E-state index contributed by atoms with van der Waals surface area (Å²) in [6.45, 7) is 6.36. The van der Waals surface area contributed by atoms with Crippen molar-refractivity contribution < 1.29 is 8.42 Å². The van der Waals surface area contributed by atoms with Gasteiger partial charge < -0.3 is 14.8 Å². The minimum Gasteiger partial charge on any atom is -0.351 e. The molecular formula is C28H28ClN5O2S2. The van der Waals surface area contributed by atoms with Gasteiger partial charge in [-0.25, -0.2) is 8.42 Å². The Labute approximate surface area is 233 Å². The first-order valence-electron chi connectivity index (χ1n) is 12.1. The van der Waals surface area contributed by atoms with Crippen LogP contribution in [0.25, 0.3) is 5.69 Å². The van der Waals surface area contributed by atoms with Crippen molar-refractivity contribution >= 4 is 50.3 Å². The first-order chi connectivity index (χ1) is 18.0. The number of pyridine rings is 1. The lowest BCUT2D eigenvalue weighted by Gasteiger charge is -2.29. The highest BCUT2D eigenvalue weighted by Gasteiger charge is 2.43. The van der Waals surface area contributed by atoms with Gasteiger partial charge in [-0.2, -0.15) is 0 Å². The molecule has 38 heavy (non-hydrogen) atoms. The molecule has 0 spiro atoms. The van der Waals surface area contributed by atoms with Crippen molar-refractivity contribution in [1.82, 2.24) is 14.9 Å². The summed E-state index contributed by atoms with van der Waals surface area (Å²) >= 11 is 12.2. The fourth-order valence-corrected chi connectivity index (χ4v) is 6.37. The molecule has 7 nitrogen and oxygen atoms in total. The van der Waals surface area contributed by atoms with Gasteiger partial charge in [0.25, 0.3) is 0 Å². The molecule has 3 heterocycles. The quantitative estimate of drug-likeness (QED) is 0.279. The zero-order valence-corrected chi connectivity index (χ0v) is 23.8. The van der Waals surface area contributed by atoms with E-state index in [1.807, 2.05) is 54.6 Å². The van der Waals surface area contributed by atoms with Crippen LogP contribution in [-0.2, 0) is 10.0 Å². The molecule has 0 amide bonds. The van der Waals surface area contributed by atoms with E-state index in [-0.39, 0.29) is 12.1 Å². The molecule has 1 aliphatic rings. The predicted molar refractivity (Wildman–Crippen MR) is 158 cm³/mol. The van der Waals surface area contributed by atoms with Crippen molar-refractivity contribution in [1.29, 1.82) is 0 Å². The molecule has 1 saturated heterocycles. The standard InChI is InChI=1S/C28H28ClN5O2S2/c1-17-18(2)33(23-9-7-8-20(29)16-23)19(3)25(17)27-26(24-10-5-6-15-30-24)31-28(37)34(27)22-13-11-21(12-14-22)32-38(4,35)36/h5-16,26-27,32H,1-4H3,(H,31,37)/t26-,27+/m1/s1. The minimum atomic E-state index is -3.38. The lowest BCUT2D eigenvalue weighted by atomic mass is 9.93. The van der Waals surface area contributed by atoms with Gasteiger partial charge >= 0.3 is 0 Å². The maximum atomic E-state index is 11.7. The Balaban J connectivity index is 1.67. The van der Waals surface area contributed by atoms with Crippen LogP contribution in [-0.4, -0.2) is 29.3 Å². The maximum absolute atomic E-state index is 11.7. The second-order valence-electron chi connectivity index (χ2n) is 9.44. The molecule has 0 aliphatic carbocycles. The van der Waals surface area contributed by atoms with Gasteiger partial charge in [-0.15, -0.1) is 0 Å². The molecule has 5 rings (SSSR count). The van der Waals surface area contributed by atoms with Crippen LogP contribution >= 0.6 is 23.8 Å². The molecule has 2 aromatic carbocycles. The lowest BCUT2D eigenvalue weighted by Crippen LogP contribution is -2.29. The van der Waals surface area contributed by atoms with E-state index in [1.54, 1.807) is 18.3 Å². The molecular weight excluding hydrogens is 538 g/mol. The third-order valence-electron chi connectivity index (χ3n) is 6.92. The molecule has 10 heteroatoms. The summed E-state index contributed by atoms with van der Waals surface area (Å²) in [5.74, 6) is 0. The summed E-state index contributed by atoms with van der Waals surface area (Å²) in [5.41, 5.74) is 7.70. The Hall–Kier alpha value is -3.40. The van der Waals surface area contributed by atoms with Gasteiger partial charge in [0.15, 0.2) is 5.11 Å². The van der Waals surface area contributed by atoms with Gasteiger partial charge in [0.2, 0.25) is 10.0 Å². The molecule has 2 N–H and O–H groups in total. The predicted octanol–water partition coefficient (Wildman–Crippen LogP) is 6.00. The minimum absolute atomic E-state index is 0.203. The average Bonchev–Trinajstić information content (AvgIpc) is 3.31.